The van der Waals surface area contributed by atoms with Crippen molar-refractivity contribution in [3.05, 3.63) is 25.0 Å². The Labute approximate surface area is 127 Å². The molecular weight excluding hydrogens is 276 g/mol. The molecule has 0 fully saturated rings. The zero-order chi connectivity index (χ0) is 15.4. The third-order valence-corrected chi connectivity index (χ3v) is 2.19. The highest BCUT2D eigenvalue weighted by Crippen LogP contribution is 1.86. The molecule has 0 radical (unpaired) electrons. The summed E-state index contributed by atoms with van der Waals surface area (Å²) in [6.45, 7) is 8.21. The standard InChI is InChI=1S/C15H28O6/c1-2-3-4-6-17-8-10-19-12-14-21-15-13-20-11-9-18-7-5-16/h2,4,6,16H,1,3,5,7-15H2. The van der Waals surface area contributed by atoms with Gasteiger partial charge in [-0.15, -0.1) is 6.58 Å². The SMILES string of the molecule is C=CCC=COCCOCCOCCOCCOCCO. The molecule has 0 saturated heterocycles. The van der Waals surface area contributed by atoms with Crippen LogP contribution in [0, 0.1) is 0 Å². The smallest absolute Gasteiger partial charge is 0.111 e. The molecule has 0 saturated carbocycles. The van der Waals surface area contributed by atoms with Crippen molar-refractivity contribution < 1.29 is 28.8 Å². The Hall–Kier alpha value is -0.920. The van der Waals surface area contributed by atoms with Crippen LogP contribution in [0.5, 0.6) is 0 Å². The number of allylic oxidation sites excluding steroid dienone is 2. The van der Waals surface area contributed by atoms with E-state index in [1.54, 1.807) is 12.3 Å². The minimum Gasteiger partial charge on any atom is -0.499 e. The Bertz CT molecular complexity index is 232. The van der Waals surface area contributed by atoms with Gasteiger partial charge in [0.05, 0.1) is 65.7 Å². The van der Waals surface area contributed by atoms with Crippen molar-refractivity contribution in [2.75, 3.05) is 66.1 Å². The number of aliphatic hydroxyl groups is 1. The molecule has 0 atom stereocenters. The van der Waals surface area contributed by atoms with Crippen LogP contribution in [0.4, 0.5) is 0 Å². The van der Waals surface area contributed by atoms with Gasteiger partial charge in [0, 0.05) is 0 Å². The highest BCUT2D eigenvalue weighted by molar-refractivity contribution is 4.83. The van der Waals surface area contributed by atoms with Crippen molar-refractivity contribution in [3.8, 4) is 0 Å². The number of ether oxygens (including phenoxy) is 5. The fraction of sp³-hybridized carbons (Fsp3) is 0.733. The van der Waals surface area contributed by atoms with Gasteiger partial charge >= 0.3 is 0 Å². The molecule has 6 heteroatoms. The molecule has 0 aliphatic heterocycles. The molecule has 6 nitrogen and oxygen atoms in total. The Morgan fingerprint density at radius 1 is 0.714 bits per heavy atom. The van der Waals surface area contributed by atoms with E-state index in [2.05, 4.69) is 6.58 Å². The van der Waals surface area contributed by atoms with E-state index in [1.165, 1.54) is 0 Å². The molecule has 0 unspecified atom stereocenters. The molecule has 0 aliphatic carbocycles. The summed E-state index contributed by atoms with van der Waals surface area (Å²) < 4.78 is 26.1. The largest absolute Gasteiger partial charge is 0.499 e. The molecule has 0 rings (SSSR count). The average Bonchev–Trinajstić information content (AvgIpc) is 2.50. The molecule has 0 spiro atoms. The zero-order valence-electron chi connectivity index (χ0n) is 12.7. The molecule has 0 aromatic carbocycles. The second kappa shape index (κ2) is 19.1. The van der Waals surface area contributed by atoms with Crippen molar-refractivity contribution in [2.24, 2.45) is 0 Å². The van der Waals surface area contributed by atoms with Gasteiger partial charge in [0.25, 0.3) is 0 Å². The van der Waals surface area contributed by atoms with E-state index in [0.717, 1.165) is 6.42 Å². The molecule has 0 aliphatic rings. The average molecular weight is 304 g/mol. The zero-order valence-corrected chi connectivity index (χ0v) is 12.7. The van der Waals surface area contributed by atoms with Gasteiger partial charge in [-0.1, -0.05) is 6.08 Å². The Balaban J connectivity index is 2.98. The lowest BCUT2D eigenvalue weighted by Crippen LogP contribution is -2.13. The van der Waals surface area contributed by atoms with Crippen molar-refractivity contribution in [2.45, 2.75) is 6.42 Å². The van der Waals surface area contributed by atoms with E-state index in [1.807, 2.05) is 6.08 Å². The van der Waals surface area contributed by atoms with Gasteiger partial charge < -0.3 is 28.8 Å². The van der Waals surface area contributed by atoms with E-state index >= 15 is 0 Å². The Morgan fingerprint density at radius 2 is 1.19 bits per heavy atom. The molecule has 1 N–H and O–H groups in total. The lowest BCUT2D eigenvalue weighted by molar-refractivity contribution is -0.00911. The van der Waals surface area contributed by atoms with E-state index < -0.39 is 0 Å². The summed E-state index contributed by atoms with van der Waals surface area (Å²) in [5, 5.41) is 8.48. The van der Waals surface area contributed by atoms with Crippen molar-refractivity contribution in [3.63, 3.8) is 0 Å². The Morgan fingerprint density at radius 3 is 1.67 bits per heavy atom. The predicted octanol–water partition coefficient (Wildman–Crippen LogP) is 1.15. The minimum absolute atomic E-state index is 0.0409. The highest BCUT2D eigenvalue weighted by Gasteiger charge is 1.92. The molecular formula is C15H28O6. The van der Waals surface area contributed by atoms with Crippen molar-refractivity contribution in [1.29, 1.82) is 0 Å². The van der Waals surface area contributed by atoms with Crippen LogP contribution in [0.3, 0.4) is 0 Å². The predicted molar refractivity (Wildman–Crippen MR) is 80.3 cm³/mol. The van der Waals surface area contributed by atoms with Gasteiger partial charge in [-0.25, -0.2) is 0 Å². The fourth-order valence-corrected chi connectivity index (χ4v) is 1.22. The highest BCUT2D eigenvalue weighted by atomic mass is 16.6. The molecule has 0 bridgehead atoms. The van der Waals surface area contributed by atoms with E-state index in [0.29, 0.717) is 59.5 Å². The number of hydrogen-bond acceptors (Lipinski definition) is 6. The van der Waals surface area contributed by atoms with E-state index in [4.69, 9.17) is 28.8 Å². The van der Waals surface area contributed by atoms with Crippen LogP contribution in [0.1, 0.15) is 6.42 Å². The molecule has 124 valence electrons. The molecule has 0 heterocycles. The second-order valence-electron chi connectivity index (χ2n) is 3.94. The molecule has 21 heavy (non-hydrogen) atoms. The quantitative estimate of drug-likeness (QED) is 0.247. The lowest BCUT2D eigenvalue weighted by atomic mass is 10.4. The van der Waals surface area contributed by atoms with E-state index in [-0.39, 0.29) is 6.61 Å². The lowest BCUT2D eigenvalue weighted by Gasteiger charge is -2.07. The van der Waals surface area contributed by atoms with Crippen LogP contribution in [0.2, 0.25) is 0 Å². The molecule has 0 aromatic rings. The van der Waals surface area contributed by atoms with Crippen LogP contribution in [0.25, 0.3) is 0 Å². The maximum absolute atomic E-state index is 8.48. The van der Waals surface area contributed by atoms with Gasteiger partial charge in [0.1, 0.15) is 6.61 Å². The summed E-state index contributed by atoms with van der Waals surface area (Å²) in [6.07, 6.45) is 6.16. The first-order valence-electron chi connectivity index (χ1n) is 7.21. The molecule has 0 aromatic heterocycles. The van der Waals surface area contributed by atoms with Gasteiger partial charge in [-0.3, -0.25) is 0 Å². The normalized spacial score (nSPS) is 11.1. The van der Waals surface area contributed by atoms with Gasteiger partial charge in [-0.05, 0) is 12.5 Å². The summed E-state index contributed by atoms with van der Waals surface area (Å²) in [7, 11) is 0. The Kier molecular flexibility index (Phi) is 18.2. The fourth-order valence-electron chi connectivity index (χ4n) is 1.22. The topological polar surface area (TPSA) is 66.4 Å². The van der Waals surface area contributed by atoms with Crippen molar-refractivity contribution >= 4 is 0 Å². The summed E-state index contributed by atoms with van der Waals surface area (Å²) in [6, 6.07) is 0. The van der Waals surface area contributed by atoms with Gasteiger partial charge in [0.15, 0.2) is 0 Å². The van der Waals surface area contributed by atoms with Gasteiger partial charge in [0.2, 0.25) is 0 Å². The maximum atomic E-state index is 8.48. The van der Waals surface area contributed by atoms with Crippen LogP contribution >= 0.6 is 0 Å². The number of hydrogen-bond donors (Lipinski definition) is 1. The van der Waals surface area contributed by atoms with Crippen LogP contribution in [-0.4, -0.2) is 71.2 Å². The maximum Gasteiger partial charge on any atom is 0.111 e. The molecule has 0 amide bonds. The third kappa shape index (κ3) is 19.1. The first-order chi connectivity index (χ1) is 10.4. The van der Waals surface area contributed by atoms with Crippen molar-refractivity contribution in [1.82, 2.24) is 0 Å². The monoisotopic (exact) mass is 304 g/mol. The number of rotatable bonds is 17. The van der Waals surface area contributed by atoms with Crippen LogP contribution in [0.15, 0.2) is 25.0 Å². The minimum atomic E-state index is 0.0409. The van der Waals surface area contributed by atoms with Crippen LogP contribution in [-0.2, 0) is 23.7 Å². The first kappa shape index (κ1) is 20.1. The summed E-state index contributed by atoms with van der Waals surface area (Å²) in [5.74, 6) is 0. The number of aliphatic hydroxyl groups excluding tert-OH is 1. The second-order valence-corrected chi connectivity index (χ2v) is 3.94. The summed E-state index contributed by atoms with van der Waals surface area (Å²) >= 11 is 0. The summed E-state index contributed by atoms with van der Waals surface area (Å²) in [5.41, 5.74) is 0. The van der Waals surface area contributed by atoms with Crippen LogP contribution < -0.4 is 0 Å². The van der Waals surface area contributed by atoms with Gasteiger partial charge in [-0.2, -0.15) is 0 Å². The summed E-state index contributed by atoms with van der Waals surface area (Å²) in [4.78, 5) is 0. The van der Waals surface area contributed by atoms with E-state index in [9.17, 15) is 0 Å². The third-order valence-electron chi connectivity index (χ3n) is 2.19. The first-order valence-corrected chi connectivity index (χ1v) is 7.21.